The van der Waals surface area contributed by atoms with Crippen molar-refractivity contribution in [1.82, 2.24) is 0 Å². The average Bonchev–Trinajstić information content (AvgIpc) is 3.39. The van der Waals surface area contributed by atoms with Gasteiger partial charge in [0.2, 0.25) is 11.8 Å². The molecule has 2 N–H and O–H groups in total. The Bertz CT molecular complexity index is 1330. The summed E-state index contributed by atoms with van der Waals surface area (Å²) in [5.74, 6) is -1.54. The number of furan rings is 1. The summed E-state index contributed by atoms with van der Waals surface area (Å²) in [4.78, 5) is 30.4. The molecule has 2 heterocycles. The predicted octanol–water partition coefficient (Wildman–Crippen LogP) is 5.85. The van der Waals surface area contributed by atoms with Gasteiger partial charge in [-0.3, -0.25) is 9.59 Å². The number of nitrogens with one attached hydrogen (secondary N) is 2. The normalized spacial score (nSPS) is 17.3. The van der Waals surface area contributed by atoms with Crippen molar-refractivity contribution in [3.8, 4) is 6.07 Å². The molecule has 1 aliphatic heterocycles. The zero-order chi connectivity index (χ0) is 24.8. The Morgan fingerprint density at radius 1 is 1.09 bits per heavy atom. The van der Waals surface area contributed by atoms with Crippen LogP contribution in [-0.4, -0.2) is 23.3 Å². The van der Waals surface area contributed by atoms with Gasteiger partial charge < -0.3 is 15.1 Å². The first-order valence-electron chi connectivity index (χ1n) is 10.7. The van der Waals surface area contributed by atoms with Gasteiger partial charge in [0.05, 0.1) is 46.2 Å². The van der Waals surface area contributed by atoms with Gasteiger partial charge in [0.15, 0.2) is 0 Å². The summed E-state index contributed by atoms with van der Waals surface area (Å²) in [6.45, 7) is 1.74. The van der Waals surface area contributed by atoms with Gasteiger partial charge in [-0.2, -0.15) is 5.26 Å². The molecule has 0 spiro atoms. The second kappa shape index (κ2) is 11.1. The highest BCUT2D eigenvalue weighted by Crippen LogP contribution is 2.42. The molecule has 3 aromatic rings. The maximum absolute atomic E-state index is 13.3. The van der Waals surface area contributed by atoms with E-state index < -0.39 is 11.8 Å². The summed E-state index contributed by atoms with van der Waals surface area (Å²) in [6, 6.07) is 21.7. The third kappa shape index (κ3) is 5.65. The topological polar surface area (TPSA) is 107 Å². The van der Waals surface area contributed by atoms with E-state index in [9.17, 15) is 14.9 Å². The van der Waals surface area contributed by atoms with Crippen molar-refractivity contribution in [2.75, 3.05) is 16.4 Å². The standard InChI is InChI=1S/C26H21ClN4O3S/c1-16-23(25(33)30-17-8-3-2-4-9-17)24(21-12-7-13-34-21)18(14-28)26(29-16)35-15-22(32)31-20-11-6-5-10-19(20)27/h2-13,23-24H,15H2,1H3,(H,30,33)(H,31,32). The van der Waals surface area contributed by atoms with Crippen molar-refractivity contribution in [3.63, 3.8) is 0 Å². The molecule has 1 aromatic heterocycles. The first-order chi connectivity index (χ1) is 17.0. The van der Waals surface area contributed by atoms with Crippen LogP contribution in [0.3, 0.4) is 0 Å². The number of aliphatic imine (C=N–C) groups is 1. The number of hydrogen-bond donors (Lipinski definition) is 2. The van der Waals surface area contributed by atoms with E-state index in [0.29, 0.717) is 32.9 Å². The van der Waals surface area contributed by atoms with E-state index in [0.717, 1.165) is 11.8 Å². The van der Waals surface area contributed by atoms with Gasteiger partial charge in [0.1, 0.15) is 10.8 Å². The number of carbonyl (C=O) groups is 2. The molecule has 0 aliphatic carbocycles. The van der Waals surface area contributed by atoms with Crippen LogP contribution < -0.4 is 10.6 Å². The van der Waals surface area contributed by atoms with E-state index in [1.54, 1.807) is 55.5 Å². The number of nitrogens with zero attached hydrogens (tertiary/aromatic N) is 2. The molecule has 35 heavy (non-hydrogen) atoms. The van der Waals surface area contributed by atoms with E-state index in [4.69, 9.17) is 16.0 Å². The highest BCUT2D eigenvalue weighted by molar-refractivity contribution is 8.03. The third-order valence-electron chi connectivity index (χ3n) is 5.38. The molecule has 2 atom stereocenters. The van der Waals surface area contributed by atoms with Gasteiger partial charge in [0.25, 0.3) is 0 Å². The zero-order valence-electron chi connectivity index (χ0n) is 18.7. The van der Waals surface area contributed by atoms with Crippen LogP contribution in [0.5, 0.6) is 0 Å². The highest BCUT2D eigenvalue weighted by Gasteiger charge is 2.41. The number of anilines is 2. The van der Waals surface area contributed by atoms with E-state index in [-0.39, 0.29) is 23.1 Å². The Morgan fingerprint density at radius 3 is 2.51 bits per heavy atom. The van der Waals surface area contributed by atoms with Gasteiger partial charge in [-0.25, -0.2) is 4.99 Å². The van der Waals surface area contributed by atoms with Crippen LogP contribution in [0.25, 0.3) is 0 Å². The second-order valence-corrected chi connectivity index (χ2v) is 9.10. The molecule has 0 fully saturated rings. The molecule has 9 heteroatoms. The summed E-state index contributed by atoms with van der Waals surface area (Å²) >= 11 is 7.24. The lowest BCUT2D eigenvalue weighted by Gasteiger charge is -2.29. The van der Waals surface area contributed by atoms with Crippen LogP contribution >= 0.6 is 23.4 Å². The first-order valence-corrected chi connectivity index (χ1v) is 12.1. The summed E-state index contributed by atoms with van der Waals surface area (Å²) in [6.07, 6.45) is 1.50. The van der Waals surface area contributed by atoms with Crippen molar-refractivity contribution in [1.29, 1.82) is 5.26 Å². The Hall–Kier alpha value is -3.80. The van der Waals surface area contributed by atoms with Crippen molar-refractivity contribution in [2.45, 2.75) is 12.8 Å². The fraction of sp³-hybridized carbons (Fsp3) is 0.154. The van der Waals surface area contributed by atoms with Crippen LogP contribution in [0, 0.1) is 17.2 Å². The number of benzene rings is 2. The fourth-order valence-corrected chi connectivity index (χ4v) is 4.86. The fourth-order valence-electron chi connectivity index (χ4n) is 3.80. The lowest BCUT2D eigenvalue weighted by molar-refractivity contribution is -0.118. The van der Waals surface area contributed by atoms with Crippen LogP contribution in [-0.2, 0) is 9.59 Å². The number of nitriles is 1. The Balaban J connectivity index is 1.58. The molecule has 2 unspecified atom stereocenters. The molecule has 0 bridgehead atoms. The van der Waals surface area contributed by atoms with Gasteiger partial charge in [0, 0.05) is 11.4 Å². The van der Waals surface area contributed by atoms with Crippen LogP contribution in [0.15, 0.2) is 93.0 Å². The smallest absolute Gasteiger partial charge is 0.234 e. The van der Waals surface area contributed by atoms with Gasteiger partial charge >= 0.3 is 0 Å². The minimum absolute atomic E-state index is 0.00820. The van der Waals surface area contributed by atoms with E-state index in [1.165, 1.54) is 6.26 Å². The average molecular weight is 505 g/mol. The maximum Gasteiger partial charge on any atom is 0.234 e. The SMILES string of the molecule is CC1=NC(SCC(=O)Nc2ccccc2Cl)=C(C#N)C(c2ccco2)C1C(=O)Nc1ccccc1. The Labute approximate surface area is 211 Å². The number of carbonyl (C=O) groups excluding carboxylic acids is 2. The van der Waals surface area contributed by atoms with Crippen molar-refractivity contribution >= 4 is 52.3 Å². The lowest BCUT2D eigenvalue weighted by atomic mass is 9.79. The van der Waals surface area contributed by atoms with Crippen LogP contribution in [0.2, 0.25) is 5.02 Å². The van der Waals surface area contributed by atoms with Gasteiger partial charge in [-0.05, 0) is 43.3 Å². The molecule has 0 radical (unpaired) electrons. The molecule has 0 saturated heterocycles. The van der Waals surface area contributed by atoms with Gasteiger partial charge in [-0.15, -0.1) is 0 Å². The van der Waals surface area contributed by atoms with Crippen molar-refractivity contribution < 1.29 is 14.0 Å². The van der Waals surface area contributed by atoms with Gasteiger partial charge in [-0.1, -0.05) is 53.7 Å². The molecule has 0 saturated carbocycles. The summed E-state index contributed by atoms with van der Waals surface area (Å²) < 4.78 is 5.63. The summed E-state index contributed by atoms with van der Waals surface area (Å²) in [5, 5.41) is 16.5. The minimum atomic E-state index is -0.752. The van der Waals surface area contributed by atoms with E-state index in [1.807, 2.05) is 18.2 Å². The number of rotatable bonds is 7. The summed E-state index contributed by atoms with van der Waals surface area (Å²) in [5.41, 5.74) is 1.94. The number of hydrogen-bond acceptors (Lipinski definition) is 6. The quantitative estimate of drug-likeness (QED) is 0.419. The number of thioether (sulfide) groups is 1. The molecular formula is C26H21ClN4O3S. The zero-order valence-corrected chi connectivity index (χ0v) is 20.3. The highest BCUT2D eigenvalue weighted by atomic mass is 35.5. The first kappa shape index (κ1) is 24.3. The second-order valence-electron chi connectivity index (χ2n) is 7.73. The molecule has 4 rings (SSSR count). The monoisotopic (exact) mass is 504 g/mol. The molecular weight excluding hydrogens is 484 g/mol. The molecule has 176 valence electrons. The minimum Gasteiger partial charge on any atom is -0.469 e. The molecule has 7 nitrogen and oxygen atoms in total. The predicted molar refractivity (Wildman–Crippen MR) is 138 cm³/mol. The molecule has 2 aromatic carbocycles. The van der Waals surface area contributed by atoms with Crippen molar-refractivity contribution in [2.24, 2.45) is 10.9 Å². The molecule has 2 amide bonds. The number of amides is 2. The number of allylic oxidation sites excluding steroid dienone is 1. The van der Waals surface area contributed by atoms with Crippen molar-refractivity contribution in [3.05, 3.63) is 94.4 Å². The Morgan fingerprint density at radius 2 is 1.83 bits per heavy atom. The van der Waals surface area contributed by atoms with Crippen LogP contribution in [0.4, 0.5) is 11.4 Å². The van der Waals surface area contributed by atoms with E-state index in [2.05, 4.69) is 21.7 Å². The van der Waals surface area contributed by atoms with Crippen LogP contribution in [0.1, 0.15) is 18.6 Å². The number of para-hydroxylation sites is 2. The Kier molecular flexibility index (Phi) is 7.70. The maximum atomic E-state index is 13.3. The lowest BCUT2D eigenvalue weighted by Crippen LogP contribution is -2.36. The molecule has 1 aliphatic rings. The third-order valence-corrected chi connectivity index (χ3v) is 6.71. The number of halogens is 1. The summed E-state index contributed by atoms with van der Waals surface area (Å²) in [7, 11) is 0. The largest absolute Gasteiger partial charge is 0.469 e. The van der Waals surface area contributed by atoms with E-state index >= 15 is 0 Å².